The van der Waals surface area contributed by atoms with Gasteiger partial charge >= 0.3 is 0 Å². The largest absolute Gasteiger partial charge is 0.310 e. The molecule has 1 N–H and O–H groups in total. The Balaban J connectivity index is 1.57. The second kappa shape index (κ2) is 4.82. The summed E-state index contributed by atoms with van der Waals surface area (Å²) in [5.74, 6) is 2.70. The molecule has 0 aliphatic heterocycles. The van der Waals surface area contributed by atoms with E-state index in [1.54, 1.807) is 6.07 Å². The van der Waals surface area contributed by atoms with Crippen molar-refractivity contribution in [3.8, 4) is 0 Å². The molecule has 4 fully saturated rings. The summed E-state index contributed by atoms with van der Waals surface area (Å²) in [7, 11) is 0. The molecule has 0 unspecified atom stereocenters. The van der Waals surface area contributed by atoms with Gasteiger partial charge < -0.3 is 5.32 Å². The molecule has 5 rings (SSSR count). The van der Waals surface area contributed by atoms with Crippen LogP contribution < -0.4 is 5.32 Å². The fraction of sp³-hybridized carbons (Fsp3) is 0.667. The minimum absolute atomic E-state index is 0.0586. The first-order valence-corrected chi connectivity index (χ1v) is 8.29. The Hall–Kier alpha value is -0.870. The maximum absolute atomic E-state index is 12.8. The number of hydrogen-bond donors (Lipinski definition) is 1. The molecule has 1 aromatic heterocycles. The van der Waals surface area contributed by atoms with Crippen molar-refractivity contribution >= 4 is 34.9 Å². The van der Waals surface area contributed by atoms with Gasteiger partial charge in [0.2, 0.25) is 11.2 Å². The van der Waals surface area contributed by atoms with E-state index in [9.17, 15) is 4.79 Å². The normalized spacial score (nSPS) is 36.8. The lowest BCUT2D eigenvalue weighted by atomic mass is 9.49. The molecule has 112 valence electrons. The highest BCUT2D eigenvalue weighted by molar-refractivity contribution is 6.32. The summed E-state index contributed by atoms with van der Waals surface area (Å²) in [6, 6.07) is 1.55. The summed E-state index contributed by atoms with van der Waals surface area (Å²) in [6.45, 7) is 0. The van der Waals surface area contributed by atoms with Crippen LogP contribution >= 0.6 is 23.2 Å². The number of rotatable bonds is 2. The quantitative estimate of drug-likeness (QED) is 0.661. The van der Waals surface area contributed by atoms with Crippen LogP contribution in [0.4, 0.5) is 5.82 Å². The first-order valence-electron chi connectivity index (χ1n) is 7.54. The third kappa shape index (κ3) is 2.42. The number of carbonyl (C=O) groups is 1. The number of carbonyl (C=O) groups excluding carboxylic acids is 1. The second-order valence-electron chi connectivity index (χ2n) is 7.00. The fourth-order valence-electron chi connectivity index (χ4n) is 5.09. The summed E-state index contributed by atoms with van der Waals surface area (Å²) < 4.78 is 0. The van der Waals surface area contributed by atoms with Crippen LogP contribution in [0.3, 0.4) is 0 Å². The summed E-state index contributed by atoms with van der Waals surface area (Å²) in [4.78, 5) is 20.7. The molecule has 6 heteroatoms. The number of nitrogens with zero attached hydrogens (tertiary/aromatic N) is 2. The molecule has 4 saturated carbocycles. The van der Waals surface area contributed by atoms with Crippen molar-refractivity contribution in [3.05, 3.63) is 16.5 Å². The maximum Gasteiger partial charge on any atom is 0.231 e. The Morgan fingerprint density at radius 1 is 1.10 bits per heavy atom. The van der Waals surface area contributed by atoms with E-state index in [0.29, 0.717) is 5.82 Å². The fourth-order valence-corrected chi connectivity index (χ4v) is 5.50. The van der Waals surface area contributed by atoms with Crippen molar-refractivity contribution in [1.29, 1.82) is 0 Å². The average molecular weight is 326 g/mol. The molecule has 4 aliphatic rings. The van der Waals surface area contributed by atoms with Crippen molar-refractivity contribution in [2.24, 2.45) is 23.2 Å². The van der Waals surface area contributed by atoms with E-state index < -0.39 is 0 Å². The number of halogens is 2. The molecule has 0 aromatic carbocycles. The van der Waals surface area contributed by atoms with Crippen LogP contribution in [-0.4, -0.2) is 15.9 Å². The third-order valence-electron chi connectivity index (χ3n) is 5.43. The molecule has 4 bridgehead atoms. The van der Waals surface area contributed by atoms with Gasteiger partial charge in [0.15, 0.2) is 0 Å². The van der Waals surface area contributed by atoms with Gasteiger partial charge in [-0.2, -0.15) is 0 Å². The van der Waals surface area contributed by atoms with E-state index in [2.05, 4.69) is 15.3 Å². The molecule has 1 amide bonds. The van der Waals surface area contributed by atoms with Crippen LogP contribution in [0.15, 0.2) is 6.07 Å². The molecule has 4 aliphatic carbocycles. The smallest absolute Gasteiger partial charge is 0.231 e. The molecule has 1 heterocycles. The Morgan fingerprint density at radius 3 is 2.19 bits per heavy atom. The van der Waals surface area contributed by atoms with E-state index in [1.807, 2.05) is 0 Å². The van der Waals surface area contributed by atoms with Crippen LogP contribution in [0.2, 0.25) is 10.4 Å². The topological polar surface area (TPSA) is 54.9 Å². The van der Waals surface area contributed by atoms with Gasteiger partial charge in [0, 0.05) is 6.07 Å². The average Bonchev–Trinajstić information content (AvgIpc) is 2.35. The highest BCUT2D eigenvalue weighted by atomic mass is 35.5. The standard InChI is InChI=1S/C15H17Cl2N3O/c16-11-4-12(20-14(17)18-11)19-13(21)15-5-8-1-9(6-15)3-10(2-8)7-15/h4,8-10H,1-3,5-7H2,(H,18,19,20,21). The number of anilines is 1. The van der Waals surface area contributed by atoms with Gasteiger partial charge in [-0.15, -0.1) is 0 Å². The lowest BCUT2D eigenvalue weighted by Crippen LogP contribution is -2.51. The number of amides is 1. The highest BCUT2D eigenvalue weighted by Gasteiger charge is 2.54. The van der Waals surface area contributed by atoms with Crippen molar-refractivity contribution in [2.45, 2.75) is 38.5 Å². The number of nitrogens with one attached hydrogen (secondary N) is 1. The summed E-state index contributed by atoms with van der Waals surface area (Å²) in [6.07, 6.45) is 7.03. The zero-order valence-corrected chi connectivity index (χ0v) is 13.1. The molecule has 0 atom stereocenters. The lowest BCUT2D eigenvalue weighted by Gasteiger charge is -2.55. The molecule has 0 saturated heterocycles. The maximum atomic E-state index is 12.8. The minimum Gasteiger partial charge on any atom is -0.310 e. The van der Waals surface area contributed by atoms with Crippen LogP contribution in [0, 0.1) is 23.2 Å². The van der Waals surface area contributed by atoms with E-state index in [1.165, 1.54) is 19.3 Å². The van der Waals surface area contributed by atoms with Crippen LogP contribution in [0.5, 0.6) is 0 Å². The Bertz CT molecular complexity index is 549. The van der Waals surface area contributed by atoms with Crippen LogP contribution in [-0.2, 0) is 4.79 Å². The van der Waals surface area contributed by atoms with Crippen LogP contribution in [0.1, 0.15) is 38.5 Å². The zero-order valence-electron chi connectivity index (χ0n) is 11.6. The van der Waals surface area contributed by atoms with E-state index in [0.717, 1.165) is 37.0 Å². The molecular formula is C15H17Cl2N3O. The summed E-state index contributed by atoms with van der Waals surface area (Å²) >= 11 is 11.7. The number of hydrogen-bond acceptors (Lipinski definition) is 3. The molecule has 1 aromatic rings. The highest BCUT2D eigenvalue weighted by Crippen LogP contribution is 2.60. The van der Waals surface area contributed by atoms with Crippen LogP contribution in [0.25, 0.3) is 0 Å². The predicted molar refractivity (Wildman–Crippen MR) is 81.3 cm³/mol. The van der Waals surface area contributed by atoms with Gasteiger partial charge in [-0.05, 0) is 67.9 Å². The molecule has 21 heavy (non-hydrogen) atoms. The zero-order chi connectivity index (χ0) is 14.6. The van der Waals surface area contributed by atoms with E-state index in [-0.39, 0.29) is 21.8 Å². The van der Waals surface area contributed by atoms with Gasteiger partial charge in [-0.3, -0.25) is 4.79 Å². The molecule has 0 radical (unpaired) electrons. The minimum atomic E-state index is -0.196. The van der Waals surface area contributed by atoms with Crippen molar-refractivity contribution in [2.75, 3.05) is 5.32 Å². The van der Waals surface area contributed by atoms with Crippen molar-refractivity contribution < 1.29 is 4.79 Å². The van der Waals surface area contributed by atoms with Gasteiger partial charge in [0.1, 0.15) is 11.0 Å². The first kappa shape index (κ1) is 13.8. The van der Waals surface area contributed by atoms with Crippen molar-refractivity contribution in [1.82, 2.24) is 9.97 Å². The van der Waals surface area contributed by atoms with Gasteiger partial charge in [-0.25, -0.2) is 9.97 Å². The Labute approximate surface area is 133 Å². The molecular weight excluding hydrogens is 309 g/mol. The predicted octanol–water partition coefficient (Wildman–Crippen LogP) is 3.94. The Kier molecular flexibility index (Phi) is 3.16. The van der Waals surface area contributed by atoms with Gasteiger partial charge in [0.05, 0.1) is 5.41 Å². The van der Waals surface area contributed by atoms with Gasteiger partial charge in [-0.1, -0.05) is 11.6 Å². The summed E-state index contributed by atoms with van der Waals surface area (Å²) in [5.41, 5.74) is -0.196. The lowest BCUT2D eigenvalue weighted by molar-refractivity contribution is -0.140. The first-order chi connectivity index (χ1) is 10.0. The molecule has 0 spiro atoms. The molecule has 4 nitrogen and oxygen atoms in total. The Morgan fingerprint density at radius 2 is 1.67 bits per heavy atom. The number of aromatic nitrogens is 2. The third-order valence-corrected chi connectivity index (χ3v) is 5.79. The van der Waals surface area contributed by atoms with Crippen molar-refractivity contribution in [3.63, 3.8) is 0 Å². The monoisotopic (exact) mass is 325 g/mol. The SMILES string of the molecule is O=C(Nc1cc(Cl)nc(Cl)n1)C12CC3CC(CC(C3)C1)C2. The van der Waals surface area contributed by atoms with E-state index >= 15 is 0 Å². The van der Waals surface area contributed by atoms with Gasteiger partial charge in [0.25, 0.3) is 0 Å². The second-order valence-corrected chi connectivity index (χ2v) is 7.72. The summed E-state index contributed by atoms with van der Waals surface area (Å²) in [5, 5.41) is 3.23. The van der Waals surface area contributed by atoms with E-state index in [4.69, 9.17) is 23.2 Å².